The number of aromatic nitrogens is 5. The van der Waals surface area contributed by atoms with Crippen LogP contribution in [0.5, 0.6) is 0 Å². The van der Waals surface area contributed by atoms with Crippen LogP contribution in [0.25, 0.3) is 11.3 Å². The van der Waals surface area contributed by atoms with Gasteiger partial charge in [-0.15, -0.1) is 0 Å². The van der Waals surface area contributed by atoms with Gasteiger partial charge in [0.25, 0.3) is 5.91 Å². The smallest absolute Gasteiger partial charge is 0.475 e. The zero-order valence-corrected chi connectivity index (χ0v) is 24.3. The van der Waals surface area contributed by atoms with Crippen molar-refractivity contribution in [1.29, 1.82) is 0 Å². The molecule has 1 amide bonds. The average molecular weight is 705 g/mol. The van der Waals surface area contributed by atoms with Gasteiger partial charge in [0.1, 0.15) is 5.82 Å². The number of hydrogen-bond acceptors (Lipinski definition) is 7. The highest BCUT2D eigenvalue weighted by molar-refractivity contribution is 5.94. The summed E-state index contributed by atoms with van der Waals surface area (Å²) in [5.41, 5.74) is 3.01. The molecule has 0 unspecified atom stereocenters. The summed E-state index contributed by atoms with van der Waals surface area (Å²) in [6.07, 6.45) is -2.99. The second kappa shape index (κ2) is 15.2. The van der Waals surface area contributed by atoms with Crippen LogP contribution in [0.4, 0.5) is 39.5 Å². The number of carbonyl (C=O) groups is 4. The molecular formula is C26H25F9N6O7. The van der Waals surface area contributed by atoms with Crippen LogP contribution < -0.4 is 0 Å². The van der Waals surface area contributed by atoms with Crippen molar-refractivity contribution < 1.29 is 74.0 Å². The van der Waals surface area contributed by atoms with E-state index in [4.69, 9.17) is 34.7 Å². The molecule has 0 saturated carbocycles. The summed E-state index contributed by atoms with van der Waals surface area (Å²) in [5.74, 6) is -7.02. The van der Waals surface area contributed by atoms with Crippen LogP contribution in [-0.2, 0) is 33.4 Å². The highest BCUT2D eigenvalue weighted by Crippen LogP contribution is 2.44. The number of imidazole rings is 1. The van der Waals surface area contributed by atoms with Gasteiger partial charge in [-0.2, -0.15) is 44.6 Å². The minimum Gasteiger partial charge on any atom is -0.475 e. The largest absolute Gasteiger partial charge is 0.490 e. The molecule has 1 saturated heterocycles. The van der Waals surface area contributed by atoms with Gasteiger partial charge < -0.3 is 24.8 Å². The first-order valence-electron chi connectivity index (χ1n) is 13.1. The van der Waals surface area contributed by atoms with Gasteiger partial charge in [0.2, 0.25) is 0 Å². The first-order chi connectivity index (χ1) is 22.0. The first kappa shape index (κ1) is 39.0. The fourth-order valence-electron chi connectivity index (χ4n) is 4.53. The van der Waals surface area contributed by atoms with E-state index >= 15 is 0 Å². The van der Waals surface area contributed by atoms with E-state index in [1.807, 2.05) is 47.4 Å². The number of likely N-dealkylation sites (tertiary alicyclic amines) is 1. The molecule has 3 N–H and O–H groups in total. The Hall–Kier alpha value is -5.18. The Morgan fingerprint density at radius 3 is 1.65 bits per heavy atom. The number of nitrogens with zero attached hydrogens (tertiary/aromatic N) is 6. The Balaban J connectivity index is 0.000000313. The summed E-state index contributed by atoms with van der Waals surface area (Å²) in [6.45, 7) is 2.52. The number of fused-ring (bicyclic) bond motifs is 2. The number of hydrogen-bond donors (Lipinski definition) is 3. The van der Waals surface area contributed by atoms with E-state index in [1.165, 1.54) is 5.82 Å². The van der Waals surface area contributed by atoms with Crippen molar-refractivity contribution in [3.8, 4) is 11.3 Å². The molecule has 264 valence electrons. The predicted octanol–water partition coefficient (Wildman–Crippen LogP) is 4.16. The van der Waals surface area contributed by atoms with Gasteiger partial charge in [0.15, 0.2) is 0 Å². The average Bonchev–Trinajstić information content (AvgIpc) is 3.70. The number of carboxylic acid groups (broad SMARTS) is 3. The topological polar surface area (TPSA) is 181 Å². The summed E-state index contributed by atoms with van der Waals surface area (Å²) in [5, 5.41) is 25.7. The summed E-state index contributed by atoms with van der Waals surface area (Å²) in [6, 6.07) is 3.65. The third kappa shape index (κ3) is 10.4. The van der Waals surface area contributed by atoms with Crippen molar-refractivity contribution in [2.75, 3.05) is 13.1 Å². The molecule has 48 heavy (non-hydrogen) atoms. The molecule has 0 bridgehead atoms. The van der Waals surface area contributed by atoms with Gasteiger partial charge in [-0.05, 0) is 31.4 Å². The number of aliphatic carboxylic acids is 3. The van der Waals surface area contributed by atoms with Crippen LogP contribution in [0.2, 0.25) is 0 Å². The van der Waals surface area contributed by atoms with Crippen LogP contribution in [0, 0.1) is 0 Å². The van der Waals surface area contributed by atoms with Crippen LogP contribution in [-0.4, -0.2) is 100.0 Å². The van der Waals surface area contributed by atoms with Gasteiger partial charge in [-0.25, -0.2) is 19.4 Å². The number of carbonyl (C=O) groups excluding carboxylic acids is 1. The maximum absolute atomic E-state index is 12.7. The van der Waals surface area contributed by atoms with E-state index < -0.39 is 36.4 Å². The molecular weight excluding hydrogens is 679 g/mol. The number of halogens is 9. The van der Waals surface area contributed by atoms with E-state index in [0.29, 0.717) is 5.56 Å². The number of pyridine rings is 1. The number of alkyl halides is 9. The van der Waals surface area contributed by atoms with Gasteiger partial charge in [-0.3, -0.25) is 14.5 Å². The number of aryl methyl sites for hydroxylation is 1. The second-order valence-corrected chi connectivity index (χ2v) is 9.99. The Labute approximate surface area is 263 Å². The quantitative estimate of drug-likeness (QED) is 0.328. The first-order valence-corrected chi connectivity index (χ1v) is 13.1. The molecule has 0 aliphatic carbocycles. The van der Waals surface area contributed by atoms with E-state index in [0.717, 1.165) is 50.2 Å². The Kier molecular flexibility index (Phi) is 12.3. The standard InChI is InChI=1S/C20H22N6O.3C2HF3O2/c1-24-14-16(12-23-24)17-13-22-19-20(6-10-26(17)19)4-8-25(9-5-20)18(27)15-3-2-7-21-11-15;3*3-2(4,5)1(6)7/h2-3,7,11-14H,4-6,8-10H2,1H3;3*(H,6,7). The molecule has 0 radical (unpaired) electrons. The Morgan fingerprint density at radius 1 is 0.771 bits per heavy atom. The third-order valence-electron chi connectivity index (χ3n) is 6.79. The van der Waals surface area contributed by atoms with E-state index in [9.17, 15) is 44.3 Å². The summed E-state index contributed by atoms with van der Waals surface area (Å²) in [7, 11) is 1.93. The molecule has 0 atom stereocenters. The Morgan fingerprint density at radius 2 is 1.25 bits per heavy atom. The lowest BCUT2D eigenvalue weighted by atomic mass is 9.76. The molecule has 5 heterocycles. The number of amides is 1. The second-order valence-electron chi connectivity index (χ2n) is 9.99. The van der Waals surface area contributed by atoms with Crippen molar-refractivity contribution >= 4 is 23.8 Å². The van der Waals surface area contributed by atoms with Crippen molar-refractivity contribution in [3.05, 3.63) is 54.5 Å². The lowest BCUT2D eigenvalue weighted by Gasteiger charge is -2.38. The molecule has 13 nitrogen and oxygen atoms in total. The molecule has 3 aromatic rings. The molecule has 3 aromatic heterocycles. The van der Waals surface area contributed by atoms with Crippen molar-refractivity contribution in [2.24, 2.45) is 7.05 Å². The molecule has 2 aliphatic heterocycles. The Bertz CT molecular complexity index is 1520. The van der Waals surface area contributed by atoms with Crippen molar-refractivity contribution in [2.45, 2.75) is 49.8 Å². The fourth-order valence-corrected chi connectivity index (χ4v) is 4.53. The maximum Gasteiger partial charge on any atom is 0.490 e. The predicted molar refractivity (Wildman–Crippen MR) is 141 cm³/mol. The summed E-state index contributed by atoms with van der Waals surface area (Å²) < 4.78 is 99.4. The maximum atomic E-state index is 12.7. The summed E-state index contributed by atoms with van der Waals surface area (Å²) >= 11 is 0. The van der Waals surface area contributed by atoms with Gasteiger partial charge in [0, 0.05) is 56.3 Å². The monoisotopic (exact) mass is 704 g/mol. The fraction of sp³-hybridized carbons (Fsp3) is 0.423. The van der Waals surface area contributed by atoms with Gasteiger partial charge >= 0.3 is 36.4 Å². The lowest BCUT2D eigenvalue weighted by molar-refractivity contribution is -0.193. The van der Waals surface area contributed by atoms with Crippen LogP contribution in [0.1, 0.15) is 35.4 Å². The molecule has 5 rings (SSSR count). The van der Waals surface area contributed by atoms with E-state index in [-0.39, 0.29) is 11.3 Å². The number of piperidine rings is 1. The van der Waals surface area contributed by atoms with Crippen molar-refractivity contribution in [3.63, 3.8) is 0 Å². The SMILES string of the molecule is Cn1cc(-c2cnc3n2CCC32CCN(C(=O)c3cccnc3)CC2)cn1.O=C(O)C(F)(F)F.O=C(O)C(F)(F)F.O=C(O)C(F)(F)F. The summed E-state index contributed by atoms with van der Waals surface area (Å²) in [4.78, 5) is 50.2. The highest BCUT2D eigenvalue weighted by atomic mass is 19.4. The minimum atomic E-state index is -5.08. The zero-order valence-electron chi connectivity index (χ0n) is 24.3. The lowest BCUT2D eigenvalue weighted by Crippen LogP contribution is -2.44. The van der Waals surface area contributed by atoms with Crippen LogP contribution in [0.3, 0.4) is 0 Å². The molecule has 2 aliphatic rings. The van der Waals surface area contributed by atoms with Gasteiger partial charge in [0.05, 0.1) is 23.7 Å². The highest BCUT2D eigenvalue weighted by Gasteiger charge is 2.45. The number of rotatable bonds is 2. The zero-order chi connectivity index (χ0) is 36.7. The van der Waals surface area contributed by atoms with Crippen LogP contribution >= 0.6 is 0 Å². The van der Waals surface area contributed by atoms with E-state index in [1.54, 1.807) is 12.4 Å². The minimum absolute atomic E-state index is 0.0790. The number of carboxylic acids is 3. The molecule has 0 aromatic carbocycles. The van der Waals surface area contributed by atoms with E-state index in [2.05, 4.69) is 14.6 Å². The molecule has 22 heteroatoms. The molecule has 1 fully saturated rings. The third-order valence-corrected chi connectivity index (χ3v) is 6.79. The van der Waals surface area contributed by atoms with Crippen LogP contribution in [0.15, 0.2) is 43.1 Å². The molecule has 1 spiro atoms. The van der Waals surface area contributed by atoms with Crippen molar-refractivity contribution in [1.82, 2.24) is 29.2 Å². The normalized spacial score (nSPS) is 15.1. The van der Waals surface area contributed by atoms with Gasteiger partial charge in [-0.1, -0.05) is 0 Å².